The summed E-state index contributed by atoms with van der Waals surface area (Å²) in [6.07, 6.45) is 0.903. The number of hydrogen-bond donors (Lipinski definition) is 1. The van der Waals surface area contributed by atoms with E-state index in [1.165, 1.54) is 0 Å². The van der Waals surface area contributed by atoms with E-state index in [2.05, 4.69) is 15.3 Å². The smallest absolute Gasteiger partial charge is 0.179 e. The van der Waals surface area contributed by atoms with Crippen LogP contribution < -0.4 is 5.32 Å². The SMILES string of the molecule is CCCNc1nc(C#N)c(C#N)nc1Cl. The summed E-state index contributed by atoms with van der Waals surface area (Å²) in [4.78, 5) is 7.68. The fourth-order valence-electron chi connectivity index (χ4n) is 0.927. The van der Waals surface area contributed by atoms with E-state index in [1.807, 2.05) is 6.92 Å². The average Bonchev–Trinajstić information content (AvgIpc) is 2.27. The van der Waals surface area contributed by atoms with E-state index in [1.54, 1.807) is 12.1 Å². The normalized spacial score (nSPS) is 9.07. The van der Waals surface area contributed by atoms with E-state index < -0.39 is 0 Å². The molecule has 0 aliphatic carbocycles. The highest BCUT2D eigenvalue weighted by molar-refractivity contribution is 6.31. The first-order valence-electron chi connectivity index (χ1n) is 4.34. The van der Waals surface area contributed by atoms with E-state index in [0.717, 1.165) is 6.42 Å². The van der Waals surface area contributed by atoms with Crippen molar-refractivity contribution in [2.45, 2.75) is 13.3 Å². The molecule has 1 rings (SSSR count). The Morgan fingerprint density at radius 2 is 1.87 bits per heavy atom. The summed E-state index contributed by atoms with van der Waals surface area (Å²) in [7, 11) is 0. The Balaban J connectivity index is 3.11. The molecule has 15 heavy (non-hydrogen) atoms. The molecule has 1 heterocycles. The Hall–Kier alpha value is -1.85. The van der Waals surface area contributed by atoms with Crippen molar-refractivity contribution in [2.75, 3.05) is 11.9 Å². The van der Waals surface area contributed by atoms with E-state index in [0.29, 0.717) is 12.4 Å². The number of nitrogens with one attached hydrogen (secondary N) is 1. The molecule has 0 fully saturated rings. The summed E-state index contributed by atoms with van der Waals surface area (Å²) in [6, 6.07) is 3.56. The molecule has 0 radical (unpaired) electrons. The van der Waals surface area contributed by atoms with Crippen LogP contribution in [0.4, 0.5) is 5.82 Å². The molecular formula is C9H8ClN5. The van der Waals surface area contributed by atoms with Gasteiger partial charge in [-0.3, -0.25) is 0 Å². The number of nitrogens with zero attached hydrogens (tertiary/aromatic N) is 4. The summed E-state index contributed by atoms with van der Waals surface area (Å²) in [5, 5.41) is 20.4. The summed E-state index contributed by atoms with van der Waals surface area (Å²) in [5.74, 6) is 0.342. The molecule has 0 aromatic carbocycles. The van der Waals surface area contributed by atoms with Crippen molar-refractivity contribution >= 4 is 17.4 Å². The monoisotopic (exact) mass is 221 g/mol. The maximum Gasteiger partial charge on any atom is 0.179 e. The molecule has 76 valence electrons. The van der Waals surface area contributed by atoms with Gasteiger partial charge in [-0.1, -0.05) is 18.5 Å². The zero-order chi connectivity index (χ0) is 11.3. The number of nitriles is 2. The summed E-state index contributed by atoms with van der Waals surface area (Å²) >= 11 is 5.78. The third kappa shape index (κ3) is 2.55. The first-order chi connectivity index (χ1) is 7.22. The Kier molecular flexibility index (Phi) is 3.84. The molecule has 0 aliphatic rings. The highest BCUT2D eigenvalue weighted by Gasteiger charge is 2.11. The minimum absolute atomic E-state index is 0.0134. The summed E-state index contributed by atoms with van der Waals surface area (Å²) in [6.45, 7) is 2.67. The van der Waals surface area contributed by atoms with Gasteiger partial charge in [-0.15, -0.1) is 0 Å². The molecule has 1 aromatic heterocycles. The molecule has 0 amide bonds. The second-order valence-corrected chi connectivity index (χ2v) is 3.07. The minimum Gasteiger partial charge on any atom is -0.367 e. The number of halogens is 1. The van der Waals surface area contributed by atoms with Crippen LogP contribution in [0.3, 0.4) is 0 Å². The number of hydrogen-bond acceptors (Lipinski definition) is 5. The second kappa shape index (κ2) is 5.14. The van der Waals surface area contributed by atoms with Crippen molar-refractivity contribution in [1.29, 1.82) is 10.5 Å². The zero-order valence-electron chi connectivity index (χ0n) is 8.08. The van der Waals surface area contributed by atoms with Crippen LogP contribution in [0.15, 0.2) is 0 Å². The van der Waals surface area contributed by atoms with Crippen LogP contribution in [0.5, 0.6) is 0 Å². The van der Waals surface area contributed by atoms with Crippen LogP contribution in [-0.2, 0) is 0 Å². The lowest BCUT2D eigenvalue weighted by molar-refractivity contribution is 0.961. The molecule has 0 atom stereocenters. The van der Waals surface area contributed by atoms with Gasteiger partial charge in [-0.05, 0) is 6.42 Å². The van der Waals surface area contributed by atoms with E-state index >= 15 is 0 Å². The maximum absolute atomic E-state index is 8.72. The van der Waals surface area contributed by atoms with Gasteiger partial charge in [-0.2, -0.15) is 10.5 Å². The lowest BCUT2D eigenvalue weighted by atomic mass is 10.3. The van der Waals surface area contributed by atoms with Gasteiger partial charge < -0.3 is 5.32 Å². The molecule has 5 nitrogen and oxygen atoms in total. The number of anilines is 1. The van der Waals surface area contributed by atoms with Crippen LogP contribution in [0.2, 0.25) is 5.15 Å². The quantitative estimate of drug-likeness (QED) is 0.840. The lowest BCUT2D eigenvalue weighted by Gasteiger charge is -2.05. The molecule has 1 N–H and O–H groups in total. The molecule has 0 saturated heterocycles. The fraction of sp³-hybridized carbons (Fsp3) is 0.333. The fourth-order valence-corrected chi connectivity index (χ4v) is 1.12. The Bertz CT molecular complexity index is 443. The Morgan fingerprint density at radius 1 is 1.27 bits per heavy atom. The van der Waals surface area contributed by atoms with Crippen LogP contribution in [0.1, 0.15) is 24.7 Å². The van der Waals surface area contributed by atoms with Crippen LogP contribution in [0.25, 0.3) is 0 Å². The molecule has 0 bridgehead atoms. The predicted molar refractivity (Wildman–Crippen MR) is 55.3 cm³/mol. The van der Waals surface area contributed by atoms with Crippen molar-refractivity contribution in [1.82, 2.24) is 9.97 Å². The van der Waals surface area contributed by atoms with Crippen molar-refractivity contribution < 1.29 is 0 Å². The number of rotatable bonds is 3. The second-order valence-electron chi connectivity index (χ2n) is 2.71. The van der Waals surface area contributed by atoms with Crippen molar-refractivity contribution in [3.8, 4) is 12.1 Å². The molecular weight excluding hydrogens is 214 g/mol. The standard InChI is InChI=1S/C9H8ClN5/c1-2-3-13-9-8(10)14-6(4-11)7(5-12)15-9/h2-3H2,1H3,(H,13,15). The van der Waals surface area contributed by atoms with Crippen molar-refractivity contribution in [2.24, 2.45) is 0 Å². The van der Waals surface area contributed by atoms with Gasteiger partial charge in [0.1, 0.15) is 12.1 Å². The first-order valence-corrected chi connectivity index (χ1v) is 4.72. The van der Waals surface area contributed by atoms with E-state index in [9.17, 15) is 0 Å². The highest BCUT2D eigenvalue weighted by atomic mass is 35.5. The first kappa shape index (κ1) is 11.2. The van der Waals surface area contributed by atoms with Gasteiger partial charge in [0.05, 0.1) is 0 Å². The maximum atomic E-state index is 8.72. The van der Waals surface area contributed by atoms with Gasteiger partial charge in [0.2, 0.25) is 0 Å². The van der Waals surface area contributed by atoms with Gasteiger partial charge in [0.15, 0.2) is 22.4 Å². The molecule has 1 aromatic rings. The van der Waals surface area contributed by atoms with Crippen LogP contribution >= 0.6 is 11.6 Å². The molecule has 6 heteroatoms. The van der Waals surface area contributed by atoms with E-state index in [4.69, 9.17) is 22.1 Å². The topological polar surface area (TPSA) is 85.4 Å². The summed E-state index contributed by atoms with van der Waals surface area (Å²) < 4.78 is 0. The third-order valence-electron chi connectivity index (χ3n) is 1.61. The minimum atomic E-state index is -0.0513. The van der Waals surface area contributed by atoms with Gasteiger partial charge in [0, 0.05) is 6.54 Å². The predicted octanol–water partition coefficient (Wildman–Crippen LogP) is 1.70. The largest absolute Gasteiger partial charge is 0.367 e. The van der Waals surface area contributed by atoms with Gasteiger partial charge in [0.25, 0.3) is 0 Å². The lowest BCUT2D eigenvalue weighted by Crippen LogP contribution is -2.06. The number of aromatic nitrogens is 2. The zero-order valence-corrected chi connectivity index (χ0v) is 8.84. The van der Waals surface area contributed by atoms with Crippen LogP contribution in [0, 0.1) is 22.7 Å². The molecule has 0 aliphatic heterocycles. The Labute approximate surface area is 92.3 Å². The van der Waals surface area contributed by atoms with Gasteiger partial charge in [-0.25, -0.2) is 9.97 Å². The van der Waals surface area contributed by atoms with Crippen molar-refractivity contribution in [3.63, 3.8) is 0 Å². The highest BCUT2D eigenvalue weighted by Crippen LogP contribution is 2.18. The molecule has 0 unspecified atom stereocenters. The molecule has 0 saturated carbocycles. The van der Waals surface area contributed by atoms with Crippen LogP contribution in [-0.4, -0.2) is 16.5 Å². The average molecular weight is 222 g/mol. The Morgan fingerprint density at radius 3 is 2.40 bits per heavy atom. The summed E-state index contributed by atoms with van der Waals surface area (Å²) in [5.41, 5.74) is -0.0648. The van der Waals surface area contributed by atoms with Gasteiger partial charge >= 0.3 is 0 Å². The molecule has 0 spiro atoms. The van der Waals surface area contributed by atoms with Crippen molar-refractivity contribution in [3.05, 3.63) is 16.5 Å². The van der Waals surface area contributed by atoms with E-state index in [-0.39, 0.29) is 16.5 Å². The third-order valence-corrected chi connectivity index (χ3v) is 1.87.